The second-order valence-corrected chi connectivity index (χ2v) is 7.87. The van der Waals surface area contributed by atoms with Crippen molar-refractivity contribution in [1.82, 2.24) is 19.5 Å². The van der Waals surface area contributed by atoms with Crippen molar-refractivity contribution in [1.29, 1.82) is 0 Å². The first-order valence-electron chi connectivity index (χ1n) is 7.99. The zero-order valence-electron chi connectivity index (χ0n) is 14.4. The fourth-order valence-corrected chi connectivity index (χ4v) is 3.13. The van der Waals surface area contributed by atoms with Gasteiger partial charge in [-0.15, -0.1) is 0 Å². The van der Waals surface area contributed by atoms with Crippen molar-refractivity contribution in [2.24, 2.45) is 0 Å². The van der Waals surface area contributed by atoms with E-state index in [2.05, 4.69) is 30.9 Å². The predicted octanol–water partition coefficient (Wildman–Crippen LogP) is 2.94. The molecule has 0 N–H and O–H groups in total. The van der Waals surface area contributed by atoms with Crippen molar-refractivity contribution in [3.8, 4) is 0 Å². The molecule has 1 atom stereocenters. The Kier molecular flexibility index (Phi) is 4.42. The molecule has 0 bridgehead atoms. The number of aromatic nitrogens is 3. The van der Waals surface area contributed by atoms with Gasteiger partial charge in [0.1, 0.15) is 11.4 Å². The van der Waals surface area contributed by atoms with Crippen molar-refractivity contribution >= 4 is 33.5 Å². The number of carbonyl (C=O) groups excluding carboxylic acids is 1. The largest absolute Gasteiger partial charge is 0.444 e. The van der Waals surface area contributed by atoms with Gasteiger partial charge in [-0.25, -0.2) is 14.3 Å². The summed E-state index contributed by atoms with van der Waals surface area (Å²) in [7, 11) is 0. The van der Waals surface area contributed by atoms with Crippen molar-refractivity contribution < 1.29 is 9.53 Å². The third-order valence-corrected chi connectivity index (χ3v) is 4.45. The van der Waals surface area contributed by atoms with Gasteiger partial charge in [-0.05, 0) is 49.7 Å². The summed E-state index contributed by atoms with van der Waals surface area (Å²) in [6, 6.07) is 2.00. The van der Waals surface area contributed by atoms with Crippen molar-refractivity contribution in [2.75, 3.05) is 24.5 Å². The molecule has 0 aliphatic carbocycles. The second-order valence-electron chi connectivity index (χ2n) is 7.02. The van der Waals surface area contributed by atoms with Gasteiger partial charge in [-0.1, -0.05) is 0 Å². The quantitative estimate of drug-likeness (QED) is 0.742. The number of nitrogens with zero attached hydrogens (tertiary/aromatic N) is 5. The van der Waals surface area contributed by atoms with Gasteiger partial charge in [0, 0.05) is 31.9 Å². The molecule has 3 rings (SSSR count). The number of halogens is 1. The number of amides is 1. The van der Waals surface area contributed by atoms with E-state index in [1.807, 2.05) is 40.0 Å². The molecule has 0 unspecified atom stereocenters. The van der Waals surface area contributed by atoms with E-state index in [0.717, 1.165) is 22.5 Å². The van der Waals surface area contributed by atoms with Crippen LogP contribution in [-0.2, 0) is 4.74 Å². The lowest BCUT2D eigenvalue weighted by molar-refractivity contribution is 0.0158. The Hall–Kier alpha value is -1.83. The number of piperazine rings is 1. The molecular formula is C16H22BrN5O2. The molecule has 7 nitrogen and oxygen atoms in total. The van der Waals surface area contributed by atoms with Crippen molar-refractivity contribution in [3.05, 3.63) is 22.9 Å². The van der Waals surface area contributed by atoms with E-state index in [-0.39, 0.29) is 12.1 Å². The normalized spacial score (nSPS) is 19.0. The van der Waals surface area contributed by atoms with Gasteiger partial charge >= 0.3 is 6.09 Å². The van der Waals surface area contributed by atoms with Crippen LogP contribution >= 0.6 is 15.9 Å². The Morgan fingerprint density at radius 1 is 1.38 bits per heavy atom. The lowest BCUT2D eigenvalue weighted by Gasteiger charge is -2.40. The number of carbonyl (C=O) groups is 1. The minimum absolute atomic E-state index is 0.0555. The van der Waals surface area contributed by atoms with Gasteiger partial charge in [0.2, 0.25) is 0 Å². The van der Waals surface area contributed by atoms with Crippen LogP contribution in [0.5, 0.6) is 0 Å². The first-order chi connectivity index (χ1) is 11.2. The molecule has 2 aromatic heterocycles. The van der Waals surface area contributed by atoms with Crippen LogP contribution in [0.15, 0.2) is 22.9 Å². The molecular weight excluding hydrogens is 374 g/mol. The summed E-state index contributed by atoms with van der Waals surface area (Å²) in [4.78, 5) is 20.9. The van der Waals surface area contributed by atoms with E-state index in [0.29, 0.717) is 13.1 Å². The Balaban J connectivity index is 1.72. The Labute approximate surface area is 149 Å². The maximum Gasteiger partial charge on any atom is 0.410 e. The number of rotatable bonds is 1. The van der Waals surface area contributed by atoms with Crippen LogP contribution < -0.4 is 4.90 Å². The second kappa shape index (κ2) is 6.23. The van der Waals surface area contributed by atoms with Crippen LogP contribution in [0.25, 0.3) is 5.65 Å². The molecule has 1 aliphatic rings. The topological polar surface area (TPSA) is 63.0 Å². The maximum atomic E-state index is 12.3. The standard InChI is InChI=1S/C16H22BrN5O2/c1-11-10-20(7-8-21(11)15(23)24-16(2,3)4)13-5-6-22-14(19-13)12(17)9-18-22/h5-6,9,11H,7-8,10H2,1-4H3/t11-/m0/s1. The lowest BCUT2D eigenvalue weighted by atomic mass is 10.2. The van der Waals surface area contributed by atoms with Gasteiger partial charge < -0.3 is 14.5 Å². The summed E-state index contributed by atoms with van der Waals surface area (Å²) in [5.74, 6) is 0.888. The molecule has 3 heterocycles. The van der Waals surface area contributed by atoms with E-state index >= 15 is 0 Å². The summed E-state index contributed by atoms with van der Waals surface area (Å²) >= 11 is 3.46. The first kappa shape index (κ1) is 17.0. The molecule has 24 heavy (non-hydrogen) atoms. The molecule has 0 aromatic carbocycles. The highest BCUT2D eigenvalue weighted by Crippen LogP contribution is 2.22. The van der Waals surface area contributed by atoms with E-state index in [1.165, 1.54) is 0 Å². The number of fused-ring (bicyclic) bond motifs is 1. The third kappa shape index (κ3) is 3.48. The first-order valence-corrected chi connectivity index (χ1v) is 8.78. The summed E-state index contributed by atoms with van der Waals surface area (Å²) in [6.45, 7) is 9.73. The van der Waals surface area contributed by atoms with Crippen molar-refractivity contribution in [3.63, 3.8) is 0 Å². The highest BCUT2D eigenvalue weighted by Gasteiger charge is 2.31. The van der Waals surface area contributed by atoms with Gasteiger partial charge in [-0.3, -0.25) is 0 Å². The smallest absolute Gasteiger partial charge is 0.410 e. The van der Waals surface area contributed by atoms with E-state index in [4.69, 9.17) is 4.74 Å². The Morgan fingerprint density at radius 3 is 2.79 bits per heavy atom. The fraction of sp³-hybridized carbons (Fsp3) is 0.562. The van der Waals surface area contributed by atoms with Crippen molar-refractivity contribution in [2.45, 2.75) is 39.3 Å². The minimum atomic E-state index is -0.477. The molecule has 0 radical (unpaired) electrons. The van der Waals surface area contributed by atoms with Gasteiger partial charge in [0.05, 0.1) is 10.7 Å². The maximum absolute atomic E-state index is 12.3. The SMILES string of the molecule is C[C@H]1CN(c2ccn3ncc(Br)c3n2)CCN1C(=O)OC(C)(C)C. The summed E-state index contributed by atoms with van der Waals surface area (Å²) in [5, 5.41) is 4.21. The minimum Gasteiger partial charge on any atom is -0.444 e. The average molecular weight is 396 g/mol. The monoisotopic (exact) mass is 395 g/mol. The number of hydrogen-bond donors (Lipinski definition) is 0. The summed E-state index contributed by atoms with van der Waals surface area (Å²) < 4.78 is 8.08. The van der Waals surface area contributed by atoms with Gasteiger partial charge in [0.25, 0.3) is 0 Å². The molecule has 0 saturated carbocycles. The van der Waals surface area contributed by atoms with E-state index < -0.39 is 5.60 Å². The predicted molar refractivity (Wildman–Crippen MR) is 95.3 cm³/mol. The third-order valence-electron chi connectivity index (χ3n) is 3.89. The molecule has 8 heteroatoms. The lowest BCUT2D eigenvalue weighted by Crippen LogP contribution is -2.55. The van der Waals surface area contributed by atoms with Gasteiger partial charge in [0.15, 0.2) is 5.65 Å². The number of hydrogen-bond acceptors (Lipinski definition) is 5. The van der Waals surface area contributed by atoms with E-state index in [9.17, 15) is 4.79 Å². The number of ether oxygens (including phenoxy) is 1. The average Bonchev–Trinajstić information content (AvgIpc) is 2.86. The summed E-state index contributed by atoms with van der Waals surface area (Å²) in [6.07, 6.45) is 3.37. The zero-order chi connectivity index (χ0) is 17.5. The molecule has 1 saturated heterocycles. The molecule has 1 fully saturated rings. The number of anilines is 1. The van der Waals surface area contributed by atoms with Crippen LogP contribution in [0.3, 0.4) is 0 Å². The molecule has 1 amide bonds. The van der Waals surface area contributed by atoms with Gasteiger partial charge in [-0.2, -0.15) is 5.10 Å². The van der Waals surface area contributed by atoms with E-state index in [1.54, 1.807) is 15.6 Å². The van der Waals surface area contributed by atoms with Crippen LogP contribution in [0.4, 0.5) is 10.6 Å². The van der Waals surface area contributed by atoms with Crippen LogP contribution in [0.2, 0.25) is 0 Å². The van der Waals surface area contributed by atoms with Crippen LogP contribution in [-0.4, -0.2) is 56.9 Å². The highest BCUT2D eigenvalue weighted by atomic mass is 79.9. The Morgan fingerprint density at radius 2 is 2.12 bits per heavy atom. The molecule has 1 aliphatic heterocycles. The molecule has 0 spiro atoms. The molecule has 2 aromatic rings. The fourth-order valence-electron chi connectivity index (χ4n) is 2.77. The molecule has 130 valence electrons. The Bertz CT molecular complexity index is 754. The van der Waals surface area contributed by atoms with Crippen LogP contribution in [0.1, 0.15) is 27.7 Å². The highest BCUT2D eigenvalue weighted by molar-refractivity contribution is 9.10. The van der Waals surface area contributed by atoms with Crippen LogP contribution in [0, 0.1) is 0 Å². The zero-order valence-corrected chi connectivity index (χ0v) is 15.9. The summed E-state index contributed by atoms with van der Waals surface area (Å²) in [5.41, 5.74) is 0.309.